The van der Waals surface area contributed by atoms with Gasteiger partial charge in [0.05, 0.1) is 9.79 Å². The van der Waals surface area contributed by atoms with Crippen molar-refractivity contribution in [2.75, 3.05) is 18.5 Å². The molecular weight excluding hydrogens is 447 g/mol. The first-order valence-corrected chi connectivity index (χ1v) is 11.7. The third kappa shape index (κ3) is 4.03. The molecule has 0 radical (unpaired) electrons. The number of halogens is 1. The third-order valence-corrected chi connectivity index (χ3v) is 7.10. The Morgan fingerprint density at radius 2 is 1.70 bits per heavy atom. The van der Waals surface area contributed by atoms with E-state index in [9.17, 15) is 17.6 Å². The Morgan fingerprint density at radius 1 is 0.970 bits per heavy atom. The molecule has 3 aromatic carbocycles. The molecule has 7 nitrogen and oxygen atoms in total. The molecule has 0 atom stereocenters. The molecule has 4 aromatic rings. The van der Waals surface area contributed by atoms with Gasteiger partial charge in [-0.3, -0.25) is 4.79 Å². The zero-order chi connectivity index (χ0) is 23.0. The van der Waals surface area contributed by atoms with E-state index in [0.717, 1.165) is 12.1 Å². The molecular formula is C24H19FN2O5S. The summed E-state index contributed by atoms with van der Waals surface area (Å²) in [4.78, 5) is 12.8. The summed E-state index contributed by atoms with van der Waals surface area (Å²) in [5.74, 6) is 0.315. The summed E-state index contributed by atoms with van der Waals surface area (Å²) >= 11 is 0. The molecule has 0 fully saturated rings. The van der Waals surface area contributed by atoms with E-state index in [0.29, 0.717) is 41.3 Å². The number of aromatic nitrogens is 1. The summed E-state index contributed by atoms with van der Waals surface area (Å²) in [7, 11) is -3.92. The number of benzene rings is 3. The number of carbonyl (C=O) groups is 1. The number of anilines is 1. The molecule has 1 aromatic heterocycles. The fourth-order valence-corrected chi connectivity index (χ4v) is 5.25. The van der Waals surface area contributed by atoms with Crippen LogP contribution in [-0.2, 0) is 21.2 Å². The molecule has 0 unspecified atom stereocenters. The fraction of sp³-hybridized carbons (Fsp3) is 0.125. The molecule has 0 spiro atoms. The summed E-state index contributed by atoms with van der Waals surface area (Å²) in [5.41, 5.74) is 1.13. The van der Waals surface area contributed by atoms with Gasteiger partial charge in [0.2, 0.25) is 15.7 Å². The Labute approximate surface area is 189 Å². The molecule has 1 aliphatic heterocycles. The first-order chi connectivity index (χ1) is 15.9. The first-order valence-electron chi connectivity index (χ1n) is 10.2. The molecule has 168 valence electrons. The highest BCUT2D eigenvalue weighted by atomic mass is 32.2. The average Bonchev–Trinajstić information content (AvgIpc) is 3.18. The Hall–Kier alpha value is -3.85. The molecule has 1 aliphatic rings. The zero-order valence-corrected chi connectivity index (χ0v) is 18.1. The number of carbonyl (C=O) groups excluding carboxylic acids is 1. The van der Waals surface area contributed by atoms with Crippen LogP contribution in [0.1, 0.15) is 0 Å². The van der Waals surface area contributed by atoms with Gasteiger partial charge < -0.3 is 19.4 Å². The highest BCUT2D eigenvalue weighted by Gasteiger charge is 2.24. The highest BCUT2D eigenvalue weighted by molar-refractivity contribution is 7.91. The molecule has 0 aliphatic carbocycles. The fourth-order valence-electron chi connectivity index (χ4n) is 3.78. The molecule has 5 rings (SSSR count). The van der Waals surface area contributed by atoms with Gasteiger partial charge in [-0.1, -0.05) is 18.2 Å². The van der Waals surface area contributed by atoms with E-state index in [1.54, 1.807) is 47.0 Å². The molecule has 33 heavy (non-hydrogen) atoms. The van der Waals surface area contributed by atoms with E-state index >= 15 is 0 Å². The topological polar surface area (TPSA) is 86.6 Å². The van der Waals surface area contributed by atoms with Crippen molar-refractivity contribution < 1.29 is 27.1 Å². The maximum Gasteiger partial charge on any atom is 0.244 e. The van der Waals surface area contributed by atoms with Crippen molar-refractivity contribution in [1.29, 1.82) is 0 Å². The smallest absolute Gasteiger partial charge is 0.244 e. The van der Waals surface area contributed by atoms with Crippen LogP contribution in [0.15, 0.2) is 82.7 Å². The predicted molar refractivity (Wildman–Crippen MR) is 120 cm³/mol. The van der Waals surface area contributed by atoms with Crippen molar-refractivity contribution in [3.8, 4) is 11.5 Å². The number of hydrogen-bond donors (Lipinski definition) is 1. The lowest BCUT2D eigenvalue weighted by Gasteiger charge is -2.19. The monoisotopic (exact) mass is 466 g/mol. The Bertz CT molecular complexity index is 1460. The lowest BCUT2D eigenvalue weighted by atomic mass is 10.2. The number of sulfone groups is 1. The van der Waals surface area contributed by atoms with E-state index in [4.69, 9.17) is 9.47 Å². The normalized spacial score (nSPS) is 13.1. The molecule has 1 amide bonds. The lowest BCUT2D eigenvalue weighted by molar-refractivity contribution is -0.116. The Balaban J connectivity index is 1.44. The first kappa shape index (κ1) is 21.0. The van der Waals surface area contributed by atoms with Gasteiger partial charge in [0.15, 0.2) is 11.5 Å². The van der Waals surface area contributed by atoms with Gasteiger partial charge in [-0.05, 0) is 42.5 Å². The van der Waals surface area contributed by atoms with Crippen molar-refractivity contribution in [3.63, 3.8) is 0 Å². The average molecular weight is 466 g/mol. The summed E-state index contributed by atoms with van der Waals surface area (Å²) in [6.07, 6.45) is 1.44. The number of nitrogens with one attached hydrogen (secondary N) is 1. The second-order valence-corrected chi connectivity index (χ2v) is 9.42. The number of nitrogens with zero attached hydrogens (tertiary/aromatic N) is 1. The molecule has 0 bridgehead atoms. The standard InChI is InChI=1S/C24H19FN2O5S/c25-16-5-8-18(9-6-16)33(29,30)23-14-27(20-4-2-1-3-19(20)23)15-24(28)26-17-7-10-21-22(13-17)32-12-11-31-21/h1-10,13-14H,11-12,15H2,(H,26,28). The van der Waals surface area contributed by atoms with Crippen molar-refractivity contribution in [2.24, 2.45) is 0 Å². The summed E-state index contributed by atoms with van der Waals surface area (Å²) in [6.45, 7) is 0.807. The van der Waals surface area contributed by atoms with Crippen LogP contribution >= 0.6 is 0 Å². The van der Waals surface area contributed by atoms with Crippen LogP contribution in [0.3, 0.4) is 0 Å². The number of ether oxygens (including phenoxy) is 2. The van der Waals surface area contributed by atoms with Crippen molar-refractivity contribution >= 4 is 32.3 Å². The minimum atomic E-state index is -3.92. The number of para-hydroxylation sites is 1. The van der Waals surface area contributed by atoms with Crippen LogP contribution in [0.2, 0.25) is 0 Å². The van der Waals surface area contributed by atoms with Gasteiger partial charge in [0.1, 0.15) is 25.6 Å². The second-order valence-electron chi connectivity index (χ2n) is 7.50. The van der Waals surface area contributed by atoms with Gasteiger partial charge in [-0.15, -0.1) is 0 Å². The molecule has 1 N–H and O–H groups in total. The van der Waals surface area contributed by atoms with Crippen molar-refractivity contribution in [3.05, 3.63) is 78.7 Å². The van der Waals surface area contributed by atoms with Gasteiger partial charge in [0.25, 0.3) is 0 Å². The summed E-state index contributed by atoms with van der Waals surface area (Å²) < 4.78 is 52.3. The number of hydrogen-bond acceptors (Lipinski definition) is 5. The second kappa shape index (κ2) is 8.25. The van der Waals surface area contributed by atoms with E-state index in [2.05, 4.69) is 5.32 Å². The number of amides is 1. The maximum absolute atomic E-state index is 13.3. The number of rotatable bonds is 5. The van der Waals surface area contributed by atoms with Crippen LogP contribution in [-0.4, -0.2) is 32.1 Å². The summed E-state index contributed by atoms with van der Waals surface area (Å²) in [6, 6.07) is 16.7. The van der Waals surface area contributed by atoms with Crippen LogP contribution in [0.5, 0.6) is 11.5 Å². The minimum Gasteiger partial charge on any atom is -0.486 e. The van der Waals surface area contributed by atoms with Gasteiger partial charge in [0, 0.05) is 28.9 Å². The van der Waals surface area contributed by atoms with E-state index < -0.39 is 15.7 Å². The third-order valence-electron chi connectivity index (χ3n) is 5.31. The van der Waals surface area contributed by atoms with Crippen molar-refractivity contribution in [2.45, 2.75) is 16.3 Å². The lowest BCUT2D eigenvalue weighted by Crippen LogP contribution is -2.19. The highest BCUT2D eigenvalue weighted by Crippen LogP contribution is 2.33. The number of fused-ring (bicyclic) bond motifs is 2. The molecule has 0 saturated heterocycles. The van der Waals surface area contributed by atoms with Gasteiger partial charge in [-0.2, -0.15) is 0 Å². The summed E-state index contributed by atoms with van der Waals surface area (Å²) in [5, 5.41) is 3.29. The SMILES string of the molecule is O=C(Cn1cc(S(=O)(=O)c2ccc(F)cc2)c2ccccc21)Nc1ccc2c(c1)OCCO2. The quantitative estimate of drug-likeness (QED) is 0.449. The van der Waals surface area contributed by atoms with Crippen molar-refractivity contribution in [1.82, 2.24) is 4.57 Å². The van der Waals surface area contributed by atoms with E-state index in [1.165, 1.54) is 18.3 Å². The zero-order valence-electron chi connectivity index (χ0n) is 17.3. The Kier molecular flexibility index (Phi) is 5.26. The van der Waals surface area contributed by atoms with Crippen LogP contribution in [0, 0.1) is 5.82 Å². The largest absolute Gasteiger partial charge is 0.486 e. The van der Waals surface area contributed by atoms with Gasteiger partial charge >= 0.3 is 0 Å². The van der Waals surface area contributed by atoms with Crippen LogP contribution < -0.4 is 14.8 Å². The maximum atomic E-state index is 13.3. The molecule has 0 saturated carbocycles. The van der Waals surface area contributed by atoms with Crippen LogP contribution in [0.4, 0.5) is 10.1 Å². The van der Waals surface area contributed by atoms with E-state index in [1.807, 2.05) is 0 Å². The molecule has 2 heterocycles. The van der Waals surface area contributed by atoms with E-state index in [-0.39, 0.29) is 22.2 Å². The predicted octanol–water partition coefficient (Wildman–Crippen LogP) is 4.02. The van der Waals surface area contributed by atoms with Crippen LogP contribution in [0.25, 0.3) is 10.9 Å². The Morgan fingerprint density at radius 3 is 2.48 bits per heavy atom. The minimum absolute atomic E-state index is 0.0208. The molecule has 9 heteroatoms. The van der Waals surface area contributed by atoms with Gasteiger partial charge in [-0.25, -0.2) is 12.8 Å².